The van der Waals surface area contributed by atoms with E-state index in [2.05, 4.69) is 21.2 Å². The molecule has 8 atom stereocenters. The number of amides is 7. The molecule has 8 unspecified atom stereocenters. The van der Waals surface area contributed by atoms with Crippen LogP contribution in [0.15, 0.2) is 47.6 Å². The van der Waals surface area contributed by atoms with Gasteiger partial charge in [0.2, 0.25) is 29.5 Å². The van der Waals surface area contributed by atoms with E-state index >= 15 is 0 Å². The van der Waals surface area contributed by atoms with Crippen molar-refractivity contribution >= 4 is 47.1 Å². The number of carbonyl (C=O) groups excluding carboxylic acids is 7. The molecule has 2 aliphatic heterocycles. The highest BCUT2D eigenvalue weighted by molar-refractivity contribution is 6.12. The zero-order valence-electron chi connectivity index (χ0n) is 39.9. The number of imide groups is 1. The number of rotatable bonds is 26. The van der Waals surface area contributed by atoms with Crippen LogP contribution in [0.3, 0.4) is 0 Å². The fourth-order valence-corrected chi connectivity index (χ4v) is 8.85. The van der Waals surface area contributed by atoms with Gasteiger partial charge in [-0.3, -0.25) is 43.4 Å². The SMILES string of the molecule is CCC(C)C(C(CC(=O)N1CCCC1C(OC)C(C)C(=O)NC(C)/C(=N/NC(=O)CCCCCN1C(=O)C=CC1=O)c1ccccc1)OC)N(C)C(=O)CNC(=O)C(C(C)C)N(C)C. The number of hydrazone groups is 1. The molecule has 1 saturated heterocycles. The van der Waals surface area contributed by atoms with Crippen LogP contribution in [-0.4, -0.2) is 158 Å². The Morgan fingerprint density at radius 1 is 0.891 bits per heavy atom. The van der Waals surface area contributed by atoms with E-state index in [1.807, 2.05) is 77.0 Å². The van der Waals surface area contributed by atoms with Crippen molar-refractivity contribution in [1.82, 2.24) is 35.7 Å². The molecule has 64 heavy (non-hydrogen) atoms. The molecule has 356 valence electrons. The first kappa shape index (κ1) is 53.3. The quantitative estimate of drug-likeness (QED) is 0.0538. The molecule has 1 aromatic carbocycles. The summed E-state index contributed by atoms with van der Waals surface area (Å²) in [4.78, 5) is 97.6. The summed E-state index contributed by atoms with van der Waals surface area (Å²) in [6, 6.07) is 7.33. The van der Waals surface area contributed by atoms with E-state index < -0.39 is 42.3 Å². The second-order valence-electron chi connectivity index (χ2n) is 17.6. The minimum absolute atomic E-state index is 0.00294. The third-order valence-electron chi connectivity index (χ3n) is 12.5. The number of unbranched alkanes of at least 4 members (excludes halogenated alkanes) is 2. The molecule has 0 saturated carbocycles. The molecule has 2 heterocycles. The summed E-state index contributed by atoms with van der Waals surface area (Å²) >= 11 is 0. The number of carbonyl (C=O) groups is 7. The van der Waals surface area contributed by atoms with Crippen molar-refractivity contribution in [2.75, 3.05) is 55.0 Å². The number of likely N-dealkylation sites (N-methyl/N-ethyl adjacent to an activating group) is 2. The second-order valence-corrected chi connectivity index (χ2v) is 17.6. The third-order valence-corrected chi connectivity index (χ3v) is 12.5. The van der Waals surface area contributed by atoms with Gasteiger partial charge >= 0.3 is 0 Å². The molecule has 3 N–H and O–H groups in total. The van der Waals surface area contributed by atoms with E-state index in [-0.39, 0.29) is 72.6 Å². The zero-order valence-corrected chi connectivity index (χ0v) is 39.9. The summed E-state index contributed by atoms with van der Waals surface area (Å²) in [5, 5.41) is 10.3. The Balaban J connectivity index is 1.66. The second kappa shape index (κ2) is 26.1. The third kappa shape index (κ3) is 14.8. The minimum atomic E-state index is -0.688. The van der Waals surface area contributed by atoms with E-state index in [1.165, 1.54) is 31.3 Å². The summed E-state index contributed by atoms with van der Waals surface area (Å²) < 4.78 is 12.0. The number of hydrogen-bond acceptors (Lipinski definition) is 11. The van der Waals surface area contributed by atoms with Crippen LogP contribution in [0.1, 0.15) is 98.5 Å². The first-order valence-corrected chi connectivity index (χ1v) is 22.7. The Morgan fingerprint density at radius 2 is 1.55 bits per heavy atom. The van der Waals surface area contributed by atoms with Gasteiger partial charge < -0.3 is 29.9 Å². The fourth-order valence-electron chi connectivity index (χ4n) is 8.85. The van der Waals surface area contributed by atoms with Crippen molar-refractivity contribution in [3.63, 3.8) is 0 Å². The van der Waals surface area contributed by atoms with Crippen molar-refractivity contribution in [1.29, 1.82) is 0 Å². The van der Waals surface area contributed by atoms with E-state index in [4.69, 9.17) is 9.47 Å². The molecule has 1 aromatic rings. The van der Waals surface area contributed by atoms with Gasteiger partial charge in [-0.25, -0.2) is 5.43 Å². The lowest BCUT2D eigenvalue weighted by Crippen LogP contribution is -2.55. The normalized spacial score (nSPS) is 18.7. The van der Waals surface area contributed by atoms with Gasteiger partial charge in [0, 0.05) is 52.9 Å². The standard InChI is InChI=1S/C47H74N8O9/c1-12-31(4)44(53(9)41(60)29-48-47(62)43(30(2)3)52(7)8)36(63-10)28-40(59)54-27-19-22-35(54)45(64-11)32(5)46(61)49-33(6)42(34-20-15-13-16-21-34)51-50-37(56)23-17-14-18-26-55-38(57)24-25-39(55)58/h13,15-16,20-21,24-25,30-33,35-36,43-45H,12,14,17-19,22-23,26-29H2,1-11H3,(H,48,62)(H,49,61)(H,50,56)/b51-42-. The number of likely N-dealkylation sites (tertiary alicyclic amines) is 1. The van der Waals surface area contributed by atoms with Crippen molar-refractivity contribution in [3.05, 3.63) is 48.0 Å². The predicted octanol–water partition coefficient (Wildman–Crippen LogP) is 3.12. The Bertz CT molecular complexity index is 1780. The maximum Gasteiger partial charge on any atom is 0.253 e. The highest BCUT2D eigenvalue weighted by Crippen LogP contribution is 2.29. The number of benzene rings is 1. The summed E-state index contributed by atoms with van der Waals surface area (Å²) in [5.41, 5.74) is 3.78. The Kier molecular flexibility index (Phi) is 21.7. The number of hydrogen-bond donors (Lipinski definition) is 3. The van der Waals surface area contributed by atoms with Gasteiger partial charge in [0.1, 0.15) is 0 Å². The molecule has 17 nitrogen and oxygen atoms in total. The summed E-state index contributed by atoms with van der Waals surface area (Å²) in [6.45, 7) is 12.1. The Morgan fingerprint density at radius 3 is 2.12 bits per heavy atom. The van der Waals surface area contributed by atoms with Crippen LogP contribution in [0.2, 0.25) is 0 Å². The van der Waals surface area contributed by atoms with Crippen LogP contribution in [0.25, 0.3) is 0 Å². The van der Waals surface area contributed by atoms with Gasteiger partial charge in [0.25, 0.3) is 11.8 Å². The van der Waals surface area contributed by atoms with Gasteiger partial charge in [0.15, 0.2) is 0 Å². The number of nitrogens with one attached hydrogen (secondary N) is 3. The Hall–Kier alpha value is -5.00. The van der Waals surface area contributed by atoms with Gasteiger partial charge in [-0.05, 0) is 64.1 Å². The molecule has 0 spiro atoms. The van der Waals surface area contributed by atoms with Crippen LogP contribution in [0.4, 0.5) is 0 Å². The smallest absolute Gasteiger partial charge is 0.253 e. The van der Waals surface area contributed by atoms with Gasteiger partial charge in [-0.2, -0.15) is 5.10 Å². The van der Waals surface area contributed by atoms with Gasteiger partial charge in [-0.15, -0.1) is 0 Å². The monoisotopic (exact) mass is 895 g/mol. The molecule has 17 heteroatoms. The van der Waals surface area contributed by atoms with Crippen LogP contribution in [0.5, 0.6) is 0 Å². The molecule has 3 rings (SSSR count). The van der Waals surface area contributed by atoms with Crippen molar-refractivity contribution in [3.8, 4) is 0 Å². The molecule has 0 aliphatic carbocycles. The number of ether oxygens (including phenoxy) is 2. The molecule has 0 aromatic heterocycles. The fraction of sp³-hybridized carbons (Fsp3) is 0.660. The van der Waals surface area contributed by atoms with E-state index in [0.29, 0.717) is 50.0 Å². The van der Waals surface area contributed by atoms with Gasteiger partial charge in [0.05, 0.1) is 61.0 Å². The van der Waals surface area contributed by atoms with E-state index in [9.17, 15) is 33.6 Å². The van der Waals surface area contributed by atoms with Crippen LogP contribution in [0, 0.1) is 17.8 Å². The number of methoxy groups -OCH3 is 2. The molecular weight excluding hydrogens is 821 g/mol. The molecule has 1 fully saturated rings. The lowest BCUT2D eigenvalue weighted by Gasteiger charge is -2.39. The van der Waals surface area contributed by atoms with Crippen molar-refractivity contribution in [2.45, 2.75) is 129 Å². The van der Waals surface area contributed by atoms with Crippen LogP contribution >= 0.6 is 0 Å². The first-order chi connectivity index (χ1) is 30.4. The maximum atomic E-state index is 14.2. The van der Waals surface area contributed by atoms with Gasteiger partial charge in [-0.1, -0.05) is 77.8 Å². The largest absolute Gasteiger partial charge is 0.379 e. The molecular formula is C47H74N8O9. The summed E-state index contributed by atoms with van der Waals surface area (Å²) in [5.74, 6) is -2.65. The molecule has 0 radical (unpaired) electrons. The lowest BCUT2D eigenvalue weighted by molar-refractivity contribution is -0.146. The average Bonchev–Trinajstić information content (AvgIpc) is 3.87. The van der Waals surface area contributed by atoms with Crippen LogP contribution < -0.4 is 16.1 Å². The van der Waals surface area contributed by atoms with Crippen molar-refractivity contribution in [2.24, 2.45) is 22.9 Å². The number of nitrogens with zero attached hydrogens (tertiary/aromatic N) is 5. The first-order valence-electron chi connectivity index (χ1n) is 22.7. The summed E-state index contributed by atoms with van der Waals surface area (Å²) in [7, 11) is 8.41. The minimum Gasteiger partial charge on any atom is -0.379 e. The Labute approximate surface area is 380 Å². The predicted molar refractivity (Wildman–Crippen MR) is 245 cm³/mol. The maximum absolute atomic E-state index is 14.2. The lowest BCUT2D eigenvalue weighted by atomic mass is 9.90. The topological polar surface area (TPSA) is 199 Å². The molecule has 2 aliphatic rings. The zero-order chi connectivity index (χ0) is 47.7. The summed E-state index contributed by atoms with van der Waals surface area (Å²) in [6.07, 6.45) is 5.20. The van der Waals surface area contributed by atoms with E-state index in [1.54, 1.807) is 30.7 Å². The van der Waals surface area contributed by atoms with Crippen molar-refractivity contribution < 1.29 is 43.0 Å². The average molecular weight is 895 g/mol. The van der Waals surface area contributed by atoms with Crippen LogP contribution in [-0.2, 0) is 43.0 Å². The highest BCUT2D eigenvalue weighted by atomic mass is 16.5. The molecule has 7 amide bonds. The molecule has 0 bridgehead atoms. The highest BCUT2D eigenvalue weighted by Gasteiger charge is 2.42. The van der Waals surface area contributed by atoms with E-state index in [0.717, 1.165) is 12.8 Å².